The van der Waals surface area contributed by atoms with E-state index < -0.39 is 0 Å². The second-order valence-electron chi connectivity index (χ2n) is 5.70. The molecular formula is C20H25NO3. The second-order valence-corrected chi connectivity index (χ2v) is 5.70. The van der Waals surface area contributed by atoms with Crippen LogP contribution in [0.4, 0.5) is 0 Å². The third kappa shape index (κ3) is 5.95. The Morgan fingerprint density at radius 3 is 2.21 bits per heavy atom. The van der Waals surface area contributed by atoms with E-state index in [0.29, 0.717) is 12.4 Å². The molecule has 0 aliphatic carbocycles. The number of unbranched alkanes of at least 4 members (excludes halogenated alkanes) is 1. The highest BCUT2D eigenvalue weighted by Crippen LogP contribution is 2.18. The molecular weight excluding hydrogens is 302 g/mol. The van der Waals surface area contributed by atoms with Crippen molar-refractivity contribution in [3.63, 3.8) is 0 Å². The third-order valence-electron chi connectivity index (χ3n) is 3.71. The van der Waals surface area contributed by atoms with E-state index in [4.69, 9.17) is 9.47 Å². The maximum absolute atomic E-state index is 11.9. The van der Waals surface area contributed by atoms with Crippen LogP contribution in [-0.2, 0) is 11.4 Å². The Labute approximate surface area is 144 Å². The number of likely N-dealkylation sites (N-methyl/N-ethyl adjacent to an activating group) is 1. The SMILES string of the molecule is CCCCN(C)C(=O)COc1ccc(OCc2ccccc2)cc1. The molecule has 24 heavy (non-hydrogen) atoms. The van der Waals surface area contributed by atoms with E-state index in [1.165, 1.54) is 0 Å². The first-order valence-electron chi connectivity index (χ1n) is 8.32. The lowest BCUT2D eigenvalue weighted by atomic mass is 10.2. The van der Waals surface area contributed by atoms with Crippen LogP contribution in [-0.4, -0.2) is 31.0 Å². The molecule has 0 saturated heterocycles. The van der Waals surface area contributed by atoms with Crippen molar-refractivity contribution in [3.05, 3.63) is 60.2 Å². The smallest absolute Gasteiger partial charge is 0.260 e. The molecule has 128 valence electrons. The lowest BCUT2D eigenvalue weighted by Crippen LogP contribution is -2.32. The predicted octanol–water partition coefficient (Wildman–Crippen LogP) is 3.90. The van der Waals surface area contributed by atoms with Gasteiger partial charge in [0.05, 0.1) is 0 Å². The van der Waals surface area contributed by atoms with E-state index in [9.17, 15) is 4.79 Å². The van der Waals surface area contributed by atoms with Gasteiger partial charge in [0.15, 0.2) is 6.61 Å². The zero-order chi connectivity index (χ0) is 17.2. The predicted molar refractivity (Wildman–Crippen MR) is 95.3 cm³/mol. The van der Waals surface area contributed by atoms with Gasteiger partial charge in [-0.2, -0.15) is 0 Å². The molecule has 4 nitrogen and oxygen atoms in total. The highest BCUT2D eigenvalue weighted by Gasteiger charge is 2.08. The van der Waals surface area contributed by atoms with Crippen molar-refractivity contribution in [2.45, 2.75) is 26.4 Å². The first kappa shape index (κ1) is 17.9. The lowest BCUT2D eigenvalue weighted by molar-refractivity contribution is -0.132. The van der Waals surface area contributed by atoms with Crippen LogP contribution in [0, 0.1) is 0 Å². The summed E-state index contributed by atoms with van der Waals surface area (Å²) in [7, 11) is 1.81. The fraction of sp³-hybridized carbons (Fsp3) is 0.350. The Morgan fingerprint density at radius 1 is 0.958 bits per heavy atom. The Balaban J connectivity index is 1.76. The van der Waals surface area contributed by atoms with Gasteiger partial charge < -0.3 is 14.4 Å². The fourth-order valence-corrected chi connectivity index (χ4v) is 2.15. The van der Waals surface area contributed by atoms with Gasteiger partial charge in [0.2, 0.25) is 0 Å². The molecule has 2 aromatic rings. The second kappa shape index (κ2) is 9.60. The van der Waals surface area contributed by atoms with Gasteiger partial charge in [0, 0.05) is 13.6 Å². The van der Waals surface area contributed by atoms with Crippen molar-refractivity contribution in [2.24, 2.45) is 0 Å². The molecule has 0 saturated carbocycles. The summed E-state index contributed by atoms with van der Waals surface area (Å²) >= 11 is 0. The Bertz CT molecular complexity index is 611. The molecule has 0 aromatic heterocycles. The standard InChI is InChI=1S/C20H25NO3/c1-3-4-14-21(2)20(22)16-24-19-12-10-18(11-13-19)23-15-17-8-6-5-7-9-17/h5-13H,3-4,14-16H2,1-2H3. The first-order valence-corrected chi connectivity index (χ1v) is 8.32. The highest BCUT2D eigenvalue weighted by molar-refractivity contribution is 5.77. The summed E-state index contributed by atoms with van der Waals surface area (Å²) in [5.41, 5.74) is 1.12. The van der Waals surface area contributed by atoms with Gasteiger partial charge in [-0.15, -0.1) is 0 Å². The number of benzene rings is 2. The van der Waals surface area contributed by atoms with Gasteiger partial charge in [0.1, 0.15) is 18.1 Å². The van der Waals surface area contributed by atoms with Crippen LogP contribution >= 0.6 is 0 Å². The van der Waals surface area contributed by atoms with Gasteiger partial charge in [-0.3, -0.25) is 4.79 Å². The summed E-state index contributed by atoms with van der Waals surface area (Å²) in [5.74, 6) is 1.43. The average Bonchev–Trinajstić information content (AvgIpc) is 2.64. The molecule has 0 fully saturated rings. The molecule has 0 radical (unpaired) electrons. The molecule has 0 heterocycles. The molecule has 0 unspecified atom stereocenters. The van der Waals surface area contributed by atoms with Crippen molar-refractivity contribution >= 4 is 5.91 Å². The van der Waals surface area contributed by atoms with E-state index in [2.05, 4.69) is 6.92 Å². The Kier molecular flexibility index (Phi) is 7.15. The number of rotatable bonds is 9. The molecule has 1 amide bonds. The zero-order valence-electron chi connectivity index (χ0n) is 14.4. The van der Waals surface area contributed by atoms with Gasteiger partial charge in [0.25, 0.3) is 5.91 Å². The van der Waals surface area contributed by atoms with Crippen LogP contribution in [0.25, 0.3) is 0 Å². The summed E-state index contributed by atoms with van der Waals surface area (Å²) < 4.78 is 11.3. The number of carbonyl (C=O) groups is 1. The van der Waals surface area contributed by atoms with E-state index in [1.807, 2.05) is 61.6 Å². The molecule has 4 heteroatoms. The van der Waals surface area contributed by atoms with Gasteiger partial charge in [-0.25, -0.2) is 0 Å². The van der Waals surface area contributed by atoms with Gasteiger partial charge in [-0.1, -0.05) is 43.7 Å². The summed E-state index contributed by atoms with van der Waals surface area (Å²) in [6, 6.07) is 17.4. The fourth-order valence-electron chi connectivity index (χ4n) is 2.15. The molecule has 2 aromatic carbocycles. The Hall–Kier alpha value is -2.49. The van der Waals surface area contributed by atoms with Crippen LogP contribution in [0.1, 0.15) is 25.3 Å². The van der Waals surface area contributed by atoms with E-state index >= 15 is 0 Å². The summed E-state index contributed by atoms with van der Waals surface area (Å²) in [6.45, 7) is 3.47. The number of nitrogens with zero attached hydrogens (tertiary/aromatic N) is 1. The minimum atomic E-state index is -0.00662. The van der Waals surface area contributed by atoms with Crippen LogP contribution < -0.4 is 9.47 Å². The summed E-state index contributed by atoms with van der Waals surface area (Å²) in [5, 5.41) is 0. The van der Waals surface area contributed by atoms with Crippen molar-refractivity contribution < 1.29 is 14.3 Å². The number of hydrogen-bond acceptors (Lipinski definition) is 3. The Morgan fingerprint density at radius 2 is 1.58 bits per heavy atom. The van der Waals surface area contributed by atoms with E-state index in [-0.39, 0.29) is 12.5 Å². The molecule has 0 spiro atoms. The minimum absolute atomic E-state index is 0.00662. The molecule has 0 atom stereocenters. The van der Waals surface area contributed by atoms with Gasteiger partial charge >= 0.3 is 0 Å². The monoisotopic (exact) mass is 327 g/mol. The third-order valence-corrected chi connectivity index (χ3v) is 3.71. The maximum Gasteiger partial charge on any atom is 0.260 e. The van der Waals surface area contributed by atoms with Crippen LogP contribution in [0.15, 0.2) is 54.6 Å². The molecule has 0 bridgehead atoms. The van der Waals surface area contributed by atoms with Crippen molar-refractivity contribution in [3.8, 4) is 11.5 Å². The highest BCUT2D eigenvalue weighted by atomic mass is 16.5. The number of amides is 1. The van der Waals surface area contributed by atoms with Crippen molar-refractivity contribution in [2.75, 3.05) is 20.2 Å². The quantitative estimate of drug-likeness (QED) is 0.701. The molecule has 0 N–H and O–H groups in total. The largest absolute Gasteiger partial charge is 0.489 e. The number of hydrogen-bond donors (Lipinski definition) is 0. The zero-order valence-corrected chi connectivity index (χ0v) is 14.4. The van der Waals surface area contributed by atoms with Crippen molar-refractivity contribution in [1.29, 1.82) is 0 Å². The number of carbonyl (C=O) groups excluding carboxylic acids is 1. The topological polar surface area (TPSA) is 38.8 Å². The minimum Gasteiger partial charge on any atom is -0.489 e. The molecule has 0 aliphatic rings. The summed E-state index contributed by atoms with van der Waals surface area (Å²) in [6.07, 6.45) is 2.08. The van der Waals surface area contributed by atoms with Crippen molar-refractivity contribution in [1.82, 2.24) is 4.90 Å². The first-order chi connectivity index (χ1) is 11.7. The average molecular weight is 327 g/mol. The van der Waals surface area contributed by atoms with Crippen LogP contribution in [0.2, 0.25) is 0 Å². The van der Waals surface area contributed by atoms with Gasteiger partial charge in [-0.05, 0) is 36.2 Å². The maximum atomic E-state index is 11.9. The lowest BCUT2D eigenvalue weighted by Gasteiger charge is -2.17. The molecule has 2 rings (SSSR count). The normalized spacial score (nSPS) is 10.2. The van der Waals surface area contributed by atoms with Crippen LogP contribution in [0.3, 0.4) is 0 Å². The number of ether oxygens (including phenoxy) is 2. The molecule has 0 aliphatic heterocycles. The van der Waals surface area contributed by atoms with E-state index in [1.54, 1.807) is 4.90 Å². The summed E-state index contributed by atoms with van der Waals surface area (Å²) in [4.78, 5) is 13.6. The van der Waals surface area contributed by atoms with Crippen LogP contribution in [0.5, 0.6) is 11.5 Å². The van der Waals surface area contributed by atoms with E-state index in [0.717, 1.165) is 30.7 Å².